The number of hydrogen-bond acceptors (Lipinski definition) is 4. The zero-order valence-electron chi connectivity index (χ0n) is 7.77. The minimum atomic E-state index is -0.342. The van der Waals surface area contributed by atoms with Gasteiger partial charge in [0, 0.05) is 6.54 Å². The zero-order chi connectivity index (χ0) is 10.4. The van der Waals surface area contributed by atoms with E-state index in [9.17, 15) is 4.79 Å². The molecule has 0 saturated carbocycles. The molecule has 0 aromatic carbocycles. The molecule has 0 aliphatic carbocycles. The largest absolute Gasteiger partial charge is 0.335 e. The lowest BCUT2D eigenvalue weighted by molar-refractivity contribution is 0.257. The molecular weight excluding hydrogens is 224 g/mol. The second-order valence-electron chi connectivity index (χ2n) is 3.04. The zero-order valence-corrected chi connectivity index (χ0v) is 10.4. The quantitative estimate of drug-likeness (QED) is 0.435. The fraction of sp³-hybridized carbons (Fsp3) is 0.857. The van der Waals surface area contributed by atoms with E-state index in [0.717, 1.165) is 13.0 Å². The van der Waals surface area contributed by atoms with Crippen molar-refractivity contribution in [3.05, 3.63) is 0 Å². The number of hydrogen-bond donors (Lipinski definition) is 4. The van der Waals surface area contributed by atoms with E-state index in [-0.39, 0.29) is 10.6 Å². The highest BCUT2D eigenvalue weighted by molar-refractivity contribution is 7.96. The third-order valence-electron chi connectivity index (χ3n) is 1.72. The van der Waals surface area contributed by atoms with Crippen molar-refractivity contribution in [1.82, 2.24) is 9.62 Å². The Labute approximate surface area is 96.0 Å². The molecule has 0 aromatic rings. The molecule has 0 bridgehead atoms. The van der Waals surface area contributed by atoms with Gasteiger partial charge in [-0.25, -0.2) is 0 Å². The molecule has 0 aromatic heterocycles. The summed E-state index contributed by atoms with van der Waals surface area (Å²) in [5, 5.41) is 2.13. The van der Waals surface area contributed by atoms with Gasteiger partial charge in [0.2, 0.25) is 0 Å². The fourth-order valence-electron chi connectivity index (χ4n) is 0.817. The molecule has 2 unspecified atom stereocenters. The molecule has 2 atom stereocenters. The fourth-order valence-corrected chi connectivity index (χ4v) is 1.44. The monoisotopic (exact) mass is 240 g/mol. The summed E-state index contributed by atoms with van der Waals surface area (Å²) in [5.41, 5.74) is 0. The predicted octanol–water partition coefficient (Wildman–Crippen LogP) is 1.68. The maximum Gasteiger partial charge on any atom is 0.276 e. The molecule has 13 heavy (non-hydrogen) atoms. The van der Waals surface area contributed by atoms with Crippen molar-refractivity contribution in [1.29, 1.82) is 0 Å². The van der Waals surface area contributed by atoms with Crippen LogP contribution in [0.15, 0.2) is 0 Å². The first-order valence-corrected chi connectivity index (χ1v) is 5.37. The van der Waals surface area contributed by atoms with Gasteiger partial charge in [0.1, 0.15) is 0 Å². The van der Waals surface area contributed by atoms with Crippen LogP contribution in [0.2, 0.25) is 0 Å². The SMILES string of the molecule is CC(CCN(C)S)C(S)NC(=O)S. The van der Waals surface area contributed by atoms with Crippen molar-refractivity contribution in [3.8, 4) is 0 Å². The normalized spacial score (nSPS) is 15.5. The van der Waals surface area contributed by atoms with E-state index in [1.54, 1.807) is 4.31 Å². The standard InChI is InChI=1S/C7H16N2OS3/c1-5(3-4-9(2)13)6(11)8-7(10)12/h5-6,11,13H,3-4H2,1-2H3,(H2,8,10,12). The second-order valence-corrected chi connectivity index (χ2v) is 4.69. The number of rotatable bonds is 5. The summed E-state index contributed by atoms with van der Waals surface area (Å²) < 4.78 is 1.81. The summed E-state index contributed by atoms with van der Waals surface area (Å²) >= 11 is 12.0. The molecule has 1 amide bonds. The smallest absolute Gasteiger partial charge is 0.276 e. The highest BCUT2D eigenvalue weighted by Crippen LogP contribution is 2.12. The molecule has 1 N–H and O–H groups in total. The second kappa shape index (κ2) is 6.86. The van der Waals surface area contributed by atoms with Gasteiger partial charge in [0.15, 0.2) is 0 Å². The Morgan fingerprint density at radius 2 is 2.15 bits per heavy atom. The van der Waals surface area contributed by atoms with Crippen LogP contribution < -0.4 is 5.32 Å². The number of carbonyl (C=O) groups excluding carboxylic acids is 1. The van der Waals surface area contributed by atoms with Crippen LogP contribution in [0.3, 0.4) is 0 Å². The van der Waals surface area contributed by atoms with Gasteiger partial charge in [-0.1, -0.05) is 32.4 Å². The molecule has 0 fully saturated rings. The van der Waals surface area contributed by atoms with Gasteiger partial charge in [-0.05, 0) is 19.4 Å². The van der Waals surface area contributed by atoms with E-state index < -0.39 is 0 Å². The van der Waals surface area contributed by atoms with Gasteiger partial charge in [-0.3, -0.25) is 9.10 Å². The predicted molar refractivity (Wildman–Crippen MR) is 65.7 cm³/mol. The molecule has 0 rings (SSSR count). The summed E-state index contributed by atoms with van der Waals surface area (Å²) in [6.45, 7) is 2.89. The van der Waals surface area contributed by atoms with Gasteiger partial charge in [-0.15, -0.1) is 0 Å². The average Bonchev–Trinajstić information content (AvgIpc) is 1.98. The third kappa shape index (κ3) is 7.54. The Morgan fingerprint density at radius 3 is 2.54 bits per heavy atom. The summed E-state index contributed by atoms with van der Waals surface area (Å²) in [6, 6.07) is 0. The van der Waals surface area contributed by atoms with E-state index in [2.05, 4.69) is 43.4 Å². The minimum Gasteiger partial charge on any atom is -0.335 e. The van der Waals surface area contributed by atoms with Gasteiger partial charge < -0.3 is 5.32 Å². The third-order valence-corrected chi connectivity index (χ3v) is 2.69. The lowest BCUT2D eigenvalue weighted by atomic mass is 10.1. The topological polar surface area (TPSA) is 32.3 Å². The average molecular weight is 240 g/mol. The van der Waals surface area contributed by atoms with Gasteiger partial charge in [-0.2, -0.15) is 12.6 Å². The van der Waals surface area contributed by atoms with E-state index in [4.69, 9.17) is 0 Å². The van der Waals surface area contributed by atoms with Crippen molar-refractivity contribution < 1.29 is 4.79 Å². The summed E-state index contributed by atoms with van der Waals surface area (Å²) in [4.78, 5) is 10.6. The van der Waals surface area contributed by atoms with Crippen LogP contribution in [0.4, 0.5) is 4.79 Å². The van der Waals surface area contributed by atoms with Crippen molar-refractivity contribution in [2.45, 2.75) is 18.7 Å². The first-order chi connectivity index (χ1) is 5.93. The Hall–Kier alpha value is 0.480. The summed E-state index contributed by atoms with van der Waals surface area (Å²) in [5.74, 6) is 0.300. The molecule has 0 radical (unpaired) electrons. The summed E-state index contributed by atoms with van der Waals surface area (Å²) in [7, 11) is 1.89. The first kappa shape index (κ1) is 13.5. The molecule has 0 spiro atoms. The highest BCUT2D eigenvalue weighted by atomic mass is 32.1. The van der Waals surface area contributed by atoms with Crippen molar-refractivity contribution in [2.75, 3.05) is 13.6 Å². The Morgan fingerprint density at radius 1 is 1.62 bits per heavy atom. The van der Waals surface area contributed by atoms with Crippen molar-refractivity contribution in [3.63, 3.8) is 0 Å². The van der Waals surface area contributed by atoms with Crippen LogP contribution in [-0.4, -0.2) is 28.5 Å². The molecule has 0 aliphatic rings. The molecule has 0 saturated heterocycles. The Bertz CT molecular complexity index is 166. The number of carbonyl (C=O) groups is 1. The molecule has 3 nitrogen and oxygen atoms in total. The lowest BCUT2D eigenvalue weighted by Gasteiger charge is -2.20. The van der Waals surface area contributed by atoms with E-state index in [0.29, 0.717) is 5.92 Å². The maximum absolute atomic E-state index is 10.6. The summed E-state index contributed by atoms with van der Waals surface area (Å²) in [6.07, 6.45) is 0.933. The van der Waals surface area contributed by atoms with Crippen LogP contribution in [0.1, 0.15) is 13.3 Å². The van der Waals surface area contributed by atoms with Crippen molar-refractivity contribution >= 4 is 43.3 Å². The number of thiol groups is 3. The lowest BCUT2D eigenvalue weighted by Crippen LogP contribution is -2.33. The van der Waals surface area contributed by atoms with Crippen LogP contribution in [-0.2, 0) is 0 Å². The van der Waals surface area contributed by atoms with Crippen LogP contribution >= 0.6 is 38.1 Å². The number of amides is 1. The Kier molecular flexibility index (Phi) is 7.12. The van der Waals surface area contributed by atoms with Gasteiger partial charge in [0.05, 0.1) is 5.37 Å². The number of nitrogens with zero attached hydrogens (tertiary/aromatic N) is 1. The van der Waals surface area contributed by atoms with Crippen LogP contribution in [0, 0.1) is 5.92 Å². The minimum absolute atomic E-state index is 0.140. The van der Waals surface area contributed by atoms with E-state index >= 15 is 0 Å². The first-order valence-electron chi connectivity index (χ1n) is 4.01. The van der Waals surface area contributed by atoms with Crippen molar-refractivity contribution in [2.24, 2.45) is 5.92 Å². The van der Waals surface area contributed by atoms with Gasteiger partial charge in [0.25, 0.3) is 5.24 Å². The Balaban J connectivity index is 3.68. The molecular formula is C7H16N2OS3. The molecule has 0 aliphatic heterocycles. The van der Waals surface area contributed by atoms with Crippen LogP contribution in [0.25, 0.3) is 0 Å². The maximum atomic E-state index is 10.6. The van der Waals surface area contributed by atoms with Gasteiger partial charge >= 0.3 is 0 Å². The molecule has 0 heterocycles. The van der Waals surface area contributed by atoms with Crippen LogP contribution in [0.5, 0.6) is 0 Å². The highest BCUT2D eigenvalue weighted by Gasteiger charge is 2.13. The van der Waals surface area contributed by atoms with E-state index in [1.807, 2.05) is 14.0 Å². The molecule has 6 heteroatoms. The molecule has 78 valence electrons. The number of nitrogens with one attached hydrogen (secondary N) is 1. The van der Waals surface area contributed by atoms with E-state index in [1.165, 1.54) is 0 Å².